The third kappa shape index (κ3) is 7.06. The summed E-state index contributed by atoms with van der Waals surface area (Å²) in [6.07, 6.45) is 1.01. The van der Waals surface area contributed by atoms with Crippen LogP contribution >= 0.6 is 23.2 Å². The lowest BCUT2D eigenvalue weighted by Gasteiger charge is -2.21. The molecule has 138 valence electrons. The molecule has 2 amide bonds. The molecule has 6 heteroatoms. The second-order valence-electron chi connectivity index (χ2n) is 6.04. The molecule has 26 heavy (non-hydrogen) atoms. The van der Waals surface area contributed by atoms with E-state index in [-0.39, 0.29) is 18.2 Å². The highest BCUT2D eigenvalue weighted by atomic mass is 35.5. The van der Waals surface area contributed by atoms with Crippen LogP contribution in [0.25, 0.3) is 0 Å². The maximum Gasteiger partial charge on any atom is 0.221 e. The molecule has 0 aromatic heterocycles. The van der Waals surface area contributed by atoms with Gasteiger partial charge in [-0.1, -0.05) is 47.5 Å². The van der Waals surface area contributed by atoms with Gasteiger partial charge < -0.3 is 10.2 Å². The summed E-state index contributed by atoms with van der Waals surface area (Å²) in [7, 11) is 0. The van der Waals surface area contributed by atoms with Crippen LogP contribution in [0, 0.1) is 0 Å². The Hall–Kier alpha value is -2.04. The molecule has 2 aromatic carbocycles. The third-order valence-electron chi connectivity index (χ3n) is 3.99. The van der Waals surface area contributed by atoms with Gasteiger partial charge >= 0.3 is 0 Å². The van der Waals surface area contributed by atoms with E-state index in [1.165, 1.54) is 6.92 Å². The van der Waals surface area contributed by atoms with Crippen molar-refractivity contribution in [2.45, 2.75) is 26.3 Å². The van der Waals surface area contributed by atoms with E-state index >= 15 is 0 Å². The summed E-state index contributed by atoms with van der Waals surface area (Å²) >= 11 is 11.7. The first kappa shape index (κ1) is 20.3. The minimum atomic E-state index is -0.0682. The second-order valence-corrected chi connectivity index (χ2v) is 6.92. The summed E-state index contributed by atoms with van der Waals surface area (Å²) in [5.41, 5.74) is 2.09. The Morgan fingerprint density at radius 3 is 2.00 bits per heavy atom. The standard InChI is InChI=1S/C20H22Cl2N2O2/c1-15(25)24(14-17-4-8-19(22)9-5-17)13-11-20(26)23-12-10-16-2-6-18(21)7-3-16/h2-9H,10-14H2,1H3,(H,23,26). The van der Waals surface area contributed by atoms with E-state index in [2.05, 4.69) is 5.32 Å². The third-order valence-corrected chi connectivity index (χ3v) is 4.49. The average molecular weight is 393 g/mol. The highest BCUT2D eigenvalue weighted by Gasteiger charge is 2.12. The lowest BCUT2D eigenvalue weighted by Crippen LogP contribution is -2.34. The number of halogens is 2. The summed E-state index contributed by atoms with van der Waals surface area (Å²) in [5, 5.41) is 4.24. The van der Waals surface area contributed by atoms with E-state index in [0.717, 1.165) is 17.5 Å². The number of benzene rings is 2. The van der Waals surface area contributed by atoms with Gasteiger partial charge in [0.15, 0.2) is 0 Å². The quantitative estimate of drug-likeness (QED) is 0.735. The van der Waals surface area contributed by atoms with Crippen molar-refractivity contribution in [2.75, 3.05) is 13.1 Å². The molecule has 0 fully saturated rings. The van der Waals surface area contributed by atoms with Gasteiger partial charge in [0.2, 0.25) is 11.8 Å². The van der Waals surface area contributed by atoms with Gasteiger partial charge in [0, 0.05) is 43.0 Å². The molecule has 2 rings (SSSR count). The summed E-state index contributed by atoms with van der Waals surface area (Å²) in [5.74, 6) is -0.129. The van der Waals surface area contributed by atoms with Crippen LogP contribution in [-0.4, -0.2) is 29.8 Å². The molecule has 0 bridgehead atoms. The van der Waals surface area contributed by atoms with Crippen LogP contribution in [0.1, 0.15) is 24.5 Å². The molecular formula is C20H22Cl2N2O2. The summed E-state index contributed by atoms with van der Waals surface area (Å²) in [4.78, 5) is 25.5. The maximum absolute atomic E-state index is 12.0. The summed E-state index contributed by atoms with van der Waals surface area (Å²) in [6.45, 7) is 2.90. The van der Waals surface area contributed by atoms with Gasteiger partial charge in [-0.3, -0.25) is 9.59 Å². The monoisotopic (exact) mass is 392 g/mol. The Morgan fingerprint density at radius 1 is 0.923 bits per heavy atom. The number of amides is 2. The number of hydrogen-bond acceptors (Lipinski definition) is 2. The number of nitrogens with one attached hydrogen (secondary N) is 1. The van der Waals surface area contributed by atoms with Crippen molar-refractivity contribution in [2.24, 2.45) is 0 Å². The molecule has 0 saturated heterocycles. The van der Waals surface area contributed by atoms with Gasteiger partial charge in [-0.2, -0.15) is 0 Å². The van der Waals surface area contributed by atoms with E-state index in [9.17, 15) is 9.59 Å². The van der Waals surface area contributed by atoms with Crippen LogP contribution < -0.4 is 5.32 Å². The normalized spacial score (nSPS) is 10.4. The molecule has 0 heterocycles. The fraction of sp³-hybridized carbons (Fsp3) is 0.300. The number of rotatable bonds is 8. The average Bonchev–Trinajstić information content (AvgIpc) is 2.61. The van der Waals surface area contributed by atoms with Crippen molar-refractivity contribution in [1.82, 2.24) is 10.2 Å². The fourth-order valence-electron chi connectivity index (χ4n) is 2.48. The zero-order chi connectivity index (χ0) is 18.9. The highest BCUT2D eigenvalue weighted by molar-refractivity contribution is 6.30. The molecule has 0 atom stereocenters. The van der Waals surface area contributed by atoms with Crippen molar-refractivity contribution in [3.63, 3.8) is 0 Å². The van der Waals surface area contributed by atoms with Crippen LogP contribution in [0.4, 0.5) is 0 Å². The minimum absolute atomic E-state index is 0.0612. The number of hydrogen-bond donors (Lipinski definition) is 1. The van der Waals surface area contributed by atoms with Gasteiger partial charge in [-0.15, -0.1) is 0 Å². The predicted octanol–water partition coefficient (Wildman–Crippen LogP) is 4.09. The summed E-state index contributed by atoms with van der Waals surface area (Å²) < 4.78 is 0. The Kier molecular flexibility index (Phi) is 7.95. The van der Waals surface area contributed by atoms with E-state index < -0.39 is 0 Å². The second kappa shape index (κ2) is 10.2. The van der Waals surface area contributed by atoms with Gasteiger partial charge in [0.25, 0.3) is 0 Å². The fourth-order valence-corrected chi connectivity index (χ4v) is 2.73. The van der Waals surface area contributed by atoms with Crippen molar-refractivity contribution in [1.29, 1.82) is 0 Å². The largest absolute Gasteiger partial charge is 0.356 e. The van der Waals surface area contributed by atoms with Crippen LogP contribution in [0.2, 0.25) is 10.0 Å². The van der Waals surface area contributed by atoms with Crippen LogP contribution in [-0.2, 0) is 22.6 Å². The molecule has 0 aliphatic heterocycles. The molecule has 0 aliphatic carbocycles. The first-order valence-corrected chi connectivity index (χ1v) is 9.21. The number of carbonyl (C=O) groups excluding carboxylic acids is 2. The van der Waals surface area contributed by atoms with Crippen molar-refractivity contribution >= 4 is 35.0 Å². The van der Waals surface area contributed by atoms with Gasteiger partial charge in [0.05, 0.1) is 0 Å². The molecule has 0 spiro atoms. The van der Waals surface area contributed by atoms with Gasteiger partial charge in [-0.05, 0) is 41.8 Å². The number of nitrogens with zero attached hydrogens (tertiary/aromatic N) is 1. The lowest BCUT2D eigenvalue weighted by molar-refractivity contribution is -0.130. The van der Waals surface area contributed by atoms with Crippen molar-refractivity contribution in [3.05, 3.63) is 69.7 Å². The van der Waals surface area contributed by atoms with E-state index in [0.29, 0.717) is 29.7 Å². The molecule has 0 radical (unpaired) electrons. The zero-order valence-corrected chi connectivity index (χ0v) is 16.2. The van der Waals surface area contributed by atoms with E-state index in [4.69, 9.17) is 23.2 Å². The molecule has 1 N–H and O–H groups in total. The smallest absolute Gasteiger partial charge is 0.221 e. The Balaban J connectivity index is 1.75. The van der Waals surface area contributed by atoms with Crippen LogP contribution in [0.5, 0.6) is 0 Å². The lowest BCUT2D eigenvalue weighted by atomic mass is 10.1. The van der Waals surface area contributed by atoms with E-state index in [1.54, 1.807) is 17.0 Å². The highest BCUT2D eigenvalue weighted by Crippen LogP contribution is 2.12. The molecule has 0 saturated carbocycles. The molecular weight excluding hydrogens is 371 g/mol. The van der Waals surface area contributed by atoms with E-state index in [1.807, 2.05) is 36.4 Å². The van der Waals surface area contributed by atoms with Crippen molar-refractivity contribution in [3.8, 4) is 0 Å². The minimum Gasteiger partial charge on any atom is -0.356 e. The van der Waals surface area contributed by atoms with Gasteiger partial charge in [0.1, 0.15) is 0 Å². The Labute approximate surface area is 164 Å². The maximum atomic E-state index is 12.0. The molecule has 2 aromatic rings. The van der Waals surface area contributed by atoms with Gasteiger partial charge in [-0.25, -0.2) is 0 Å². The zero-order valence-electron chi connectivity index (χ0n) is 14.7. The van der Waals surface area contributed by atoms with Crippen LogP contribution in [0.15, 0.2) is 48.5 Å². The first-order chi connectivity index (χ1) is 12.4. The Morgan fingerprint density at radius 2 is 1.46 bits per heavy atom. The first-order valence-electron chi connectivity index (χ1n) is 8.45. The molecule has 0 unspecified atom stereocenters. The predicted molar refractivity (Wildman–Crippen MR) is 105 cm³/mol. The molecule has 4 nitrogen and oxygen atoms in total. The Bertz CT molecular complexity index is 730. The topological polar surface area (TPSA) is 49.4 Å². The molecule has 0 aliphatic rings. The SMILES string of the molecule is CC(=O)N(CCC(=O)NCCc1ccc(Cl)cc1)Cc1ccc(Cl)cc1. The number of carbonyl (C=O) groups is 2. The van der Waals surface area contributed by atoms with Crippen molar-refractivity contribution < 1.29 is 9.59 Å². The van der Waals surface area contributed by atoms with Crippen LogP contribution in [0.3, 0.4) is 0 Å². The summed E-state index contributed by atoms with van der Waals surface area (Å²) in [6, 6.07) is 14.9.